The Bertz CT molecular complexity index is 1050. The van der Waals surface area contributed by atoms with Crippen LogP contribution < -0.4 is 4.74 Å². The molecule has 1 aliphatic carbocycles. The maximum Gasteiger partial charge on any atom is 0.415 e. The standard InChI is InChI=1S/C26H39N5O4/c1-7-33-34-15-20-8-10-30(11-9-20)26(32)35-25-23(27-6)22(24-28-19(5)29-31(24)25)14-21-17(3)12-16(2)13-18(21)4/h16-18,20-21H,7-15H2,1-5H3,(H,28,29). The van der Waals surface area contributed by atoms with Crippen LogP contribution in [0.2, 0.25) is 0 Å². The van der Waals surface area contributed by atoms with E-state index in [0.29, 0.717) is 61.3 Å². The molecule has 9 heteroatoms. The number of hydrogen-bond donors (Lipinski definition) is 1. The topological polar surface area (TPSA) is 85.5 Å². The molecule has 4 rings (SSSR count). The molecule has 0 bridgehead atoms. The molecule has 192 valence electrons. The van der Waals surface area contributed by atoms with Gasteiger partial charge in [-0.15, -0.1) is 0 Å². The highest BCUT2D eigenvalue weighted by Crippen LogP contribution is 2.44. The number of fused-ring (bicyclic) bond motifs is 1. The second-order valence-electron chi connectivity index (χ2n) is 10.6. The third kappa shape index (κ3) is 5.49. The Labute approximate surface area is 207 Å². The summed E-state index contributed by atoms with van der Waals surface area (Å²) in [6, 6.07) is 0. The Morgan fingerprint density at radius 2 is 1.86 bits per heavy atom. The molecule has 0 spiro atoms. The molecule has 2 aliphatic rings. The van der Waals surface area contributed by atoms with Gasteiger partial charge in [0.2, 0.25) is 5.88 Å². The quantitative estimate of drug-likeness (QED) is 0.240. The van der Waals surface area contributed by atoms with E-state index in [4.69, 9.17) is 21.1 Å². The van der Waals surface area contributed by atoms with Gasteiger partial charge >= 0.3 is 6.09 Å². The number of rotatable bonds is 7. The van der Waals surface area contributed by atoms with Crippen molar-refractivity contribution in [2.45, 2.75) is 66.7 Å². The van der Waals surface area contributed by atoms with Gasteiger partial charge in [-0.3, -0.25) is 5.10 Å². The van der Waals surface area contributed by atoms with Crippen molar-refractivity contribution in [1.29, 1.82) is 0 Å². The highest BCUT2D eigenvalue weighted by molar-refractivity contribution is 5.79. The molecule has 2 atom stereocenters. The van der Waals surface area contributed by atoms with Crippen LogP contribution in [0.3, 0.4) is 0 Å². The lowest BCUT2D eigenvalue weighted by Gasteiger charge is -2.38. The largest absolute Gasteiger partial charge is 0.415 e. The third-order valence-corrected chi connectivity index (χ3v) is 7.84. The number of aromatic amines is 1. The number of hydrogen-bond acceptors (Lipinski definition) is 5. The Kier molecular flexibility index (Phi) is 8.02. The lowest BCUT2D eigenvalue weighted by atomic mass is 9.67. The number of carbonyl (C=O) groups excluding carboxylic acids is 1. The number of likely N-dealkylation sites (tertiary alicyclic amines) is 1. The number of amides is 1. The number of H-pyrrole nitrogens is 1. The molecule has 0 aromatic carbocycles. The first-order valence-electron chi connectivity index (χ1n) is 13.0. The van der Waals surface area contributed by atoms with Crippen molar-refractivity contribution in [1.82, 2.24) is 19.5 Å². The Morgan fingerprint density at radius 3 is 2.49 bits per heavy atom. The Hall–Kier alpha value is -2.57. The number of ether oxygens (including phenoxy) is 1. The van der Waals surface area contributed by atoms with Crippen LogP contribution in [-0.2, 0) is 16.2 Å². The van der Waals surface area contributed by atoms with Gasteiger partial charge < -0.3 is 9.64 Å². The number of piperidine rings is 1. The molecule has 2 unspecified atom stereocenters. The summed E-state index contributed by atoms with van der Waals surface area (Å²) in [5.41, 5.74) is 1.98. The van der Waals surface area contributed by atoms with Crippen LogP contribution in [-0.4, -0.2) is 51.9 Å². The minimum Gasteiger partial charge on any atom is -0.402 e. The fraction of sp³-hybridized carbons (Fsp3) is 0.731. The molecule has 0 radical (unpaired) electrons. The van der Waals surface area contributed by atoms with Gasteiger partial charge in [-0.1, -0.05) is 20.8 Å². The van der Waals surface area contributed by atoms with Gasteiger partial charge in [-0.2, -0.15) is 0 Å². The minimum atomic E-state index is -0.425. The van der Waals surface area contributed by atoms with Gasteiger partial charge in [-0.25, -0.2) is 28.9 Å². The molecule has 1 saturated carbocycles. The Balaban J connectivity index is 1.52. The number of nitrogens with zero attached hydrogens (tertiary/aromatic N) is 4. The molecule has 1 amide bonds. The number of carbonyl (C=O) groups is 1. The summed E-state index contributed by atoms with van der Waals surface area (Å²) in [6.07, 6.45) is 4.39. The molecular formula is C26H39N5O4. The van der Waals surface area contributed by atoms with E-state index in [2.05, 4.69) is 35.7 Å². The van der Waals surface area contributed by atoms with E-state index < -0.39 is 6.09 Å². The molecule has 1 N–H and O–H groups in total. The van der Waals surface area contributed by atoms with Gasteiger partial charge in [0.05, 0.1) is 19.8 Å². The average molecular weight is 486 g/mol. The van der Waals surface area contributed by atoms with Gasteiger partial charge in [0.1, 0.15) is 11.5 Å². The maximum atomic E-state index is 13.1. The van der Waals surface area contributed by atoms with Gasteiger partial charge in [0, 0.05) is 18.7 Å². The predicted octanol–water partition coefficient (Wildman–Crippen LogP) is 5.56. The average Bonchev–Trinajstić information content (AvgIpc) is 3.32. The lowest BCUT2D eigenvalue weighted by molar-refractivity contribution is -0.299. The minimum absolute atomic E-state index is 0.252. The highest BCUT2D eigenvalue weighted by atomic mass is 17.2. The van der Waals surface area contributed by atoms with Crippen molar-refractivity contribution in [2.75, 3.05) is 26.3 Å². The SMILES string of the molecule is [C-]#[N+]c1c(CC2C(C)CC(C)CC2C)c2nc(C)[nH]n2c1OC(=O)N1CCC(COOCC)CC1. The molecule has 2 aromatic heterocycles. The van der Waals surface area contributed by atoms with Crippen LogP contribution in [0.4, 0.5) is 10.5 Å². The van der Waals surface area contributed by atoms with E-state index in [0.717, 1.165) is 36.6 Å². The second-order valence-corrected chi connectivity index (χ2v) is 10.6. The van der Waals surface area contributed by atoms with Gasteiger partial charge in [0.25, 0.3) is 5.69 Å². The Morgan fingerprint density at radius 1 is 1.17 bits per heavy atom. The molecule has 3 heterocycles. The summed E-state index contributed by atoms with van der Waals surface area (Å²) >= 11 is 0. The summed E-state index contributed by atoms with van der Waals surface area (Å²) in [5.74, 6) is 3.67. The van der Waals surface area contributed by atoms with Crippen molar-refractivity contribution in [3.8, 4) is 5.88 Å². The molecule has 35 heavy (non-hydrogen) atoms. The molecule has 1 aliphatic heterocycles. The van der Waals surface area contributed by atoms with Crippen molar-refractivity contribution >= 4 is 17.4 Å². The predicted molar refractivity (Wildman–Crippen MR) is 132 cm³/mol. The zero-order chi connectivity index (χ0) is 25.1. The summed E-state index contributed by atoms with van der Waals surface area (Å²) in [6.45, 7) is 20.9. The zero-order valence-corrected chi connectivity index (χ0v) is 21.7. The summed E-state index contributed by atoms with van der Waals surface area (Å²) in [4.78, 5) is 33.5. The van der Waals surface area contributed by atoms with E-state index in [1.165, 1.54) is 12.8 Å². The summed E-state index contributed by atoms with van der Waals surface area (Å²) < 4.78 is 7.57. The van der Waals surface area contributed by atoms with E-state index >= 15 is 0 Å². The highest BCUT2D eigenvalue weighted by Gasteiger charge is 2.35. The molecule has 1 saturated heterocycles. The first-order chi connectivity index (χ1) is 16.8. The third-order valence-electron chi connectivity index (χ3n) is 7.84. The molecular weight excluding hydrogens is 446 g/mol. The summed E-state index contributed by atoms with van der Waals surface area (Å²) in [5, 5.41) is 3.17. The van der Waals surface area contributed by atoms with E-state index in [9.17, 15) is 4.79 Å². The smallest absolute Gasteiger partial charge is 0.402 e. The van der Waals surface area contributed by atoms with E-state index in [-0.39, 0.29) is 5.88 Å². The molecule has 9 nitrogen and oxygen atoms in total. The second kappa shape index (κ2) is 11.0. The van der Waals surface area contributed by atoms with Crippen LogP contribution in [0.5, 0.6) is 5.88 Å². The van der Waals surface area contributed by atoms with Crippen LogP contribution in [0.25, 0.3) is 10.5 Å². The van der Waals surface area contributed by atoms with E-state index in [1.54, 1.807) is 9.42 Å². The van der Waals surface area contributed by atoms with Crippen LogP contribution >= 0.6 is 0 Å². The van der Waals surface area contributed by atoms with Crippen LogP contribution in [0.15, 0.2) is 0 Å². The monoisotopic (exact) mass is 485 g/mol. The van der Waals surface area contributed by atoms with E-state index in [1.807, 2.05) is 13.8 Å². The first-order valence-corrected chi connectivity index (χ1v) is 13.0. The lowest BCUT2D eigenvalue weighted by Crippen LogP contribution is -2.41. The van der Waals surface area contributed by atoms with Gasteiger partial charge in [-0.05, 0) is 75.5 Å². The number of nitrogens with one attached hydrogen (secondary N) is 1. The normalized spacial score (nSPS) is 25.7. The number of aromatic nitrogens is 3. The van der Waals surface area contributed by atoms with Crippen molar-refractivity contribution in [2.24, 2.45) is 29.6 Å². The fourth-order valence-electron chi connectivity index (χ4n) is 6.11. The van der Waals surface area contributed by atoms with Gasteiger partial charge in [0.15, 0.2) is 0 Å². The van der Waals surface area contributed by atoms with Crippen LogP contribution in [0, 0.1) is 43.1 Å². The van der Waals surface area contributed by atoms with Crippen molar-refractivity contribution in [3.05, 3.63) is 22.8 Å². The number of aryl methyl sites for hydroxylation is 1. The molecule has 2 fully saturated rings. The first kappa shape index (κ1) is 25.5. The van der Waals surface area contributed by atoms with Crippen molar-refractivity contribution in [3.63, 3.8) is 0 Å². The molecule has 2 aromatic rings. The van der Waals surface area contributed by atoms with Crippen LogP contribution in [0.1, 0.15) is 64.8 Å². The van der Waals surface area contributed by atoms with Crippen molar-refractivity contribution < 1.29 is 19.3 Å². The summed E-state index contributed by atoms with van der Waals surface area (Å²) in [7, 11) is 0. The maximum absolute atomic E-state index is 13.1. The zero-order valence-electron chi connectivity index (χ0n) is 21.7. The fourth-order valence-corrected chi connectivity index (χ4v) is 6.11.